The largest absolute Gasteiger partial charge is 0.477 e. The fourth-order valence-electron chi connectivity index (χ4n) is 14.4. The number of carbonyl (C=O) groups is 7. The van der Waals surface area contributed by atoms with E-state index >= 15 is 0 Å². The van der Waals surface area contributed by atoms with E-state index in [9.17, 15) is 166 Å². The number of nitrogens with one attached hydrogen (secondary N) is 5. The van der Waals surface area contributed by atoms with Crippen LogP contribution in [0.3, 0.4) is 0 Å². The molecule has 52 heteroatoms. The van der Waals surface area contributed by atoms with Crippen molar-refractivity contribution < 1.29 is 233 Å². The second-order valence-electron chi connectivity index (χ2n) is 28.7. The maximum absolute atomic E-state index is 13.2. The van der Waals surface area contributed by atoms with E-state index in [-0.39, 0.29) is 0 Å². The Kier molecular flexibility index (Phi) is 35.9. The number of aliphatic hydroxyl groups excluding tert-OH is 24. The van der Waals surface area contributed by atoms with Gasteiger partial charge in [-0.2, -0.15) is 0 Å². The number of amides is 5. The van der Waals surface area contributed by atoms with Crippen molar-refractivity contribution in [2.75, 3.05) is 59.5 Å². The Morgan fingerprint density at radius 1 is 0.388 bits per heavy atom. The zero-order valence-corrected chi connectivity index (χ0v) is 62.5. The first-order chi connectivity index (χ1) is 54.5. The van der Waals surface area contributed by atoms with E-state index in [4.69, 9.17) is 66.3 Å². The molecule has 7 saturated heterocycles. The van der Waals surface area contributed by atoms with Crippen LogP contribution < -0.4 is 26.6 Å². The van der Waals surface area contributed by atoms with Crippen molar-refractivity contribution in [2.24, 2.45) is 0 Å². The lowest BCUT2D eigenvalue weighted by atomic mass is 9.88. The molecule has 0 saturated carbocycles. The van der Waals surface area contributed by atoms with Gasteiger partial charge in [0.05, 0.1) is 89.8 Å². The molecule has 0 aromatic rings. The molecule has 0 radical (unpaired) electrons. The number of carboxylic acids is 2. The molecule has 0 unspecified atom stereocenters. The van der Waals surface area contributed by atoms with Crippen molar-refractivity contribution >= 4 is 41.5 Å². The van der Waals surface area contributed by atoms with Gasteiger partial charge in [0.15, 0.2) is 31.5 Å². The van der Waals surface area contributed by atoms with Gasteiger partial charge in [0.25, 0.3) is 11.6 Å². The van der Waals surface area contributed by atoms with E-state index in [0.717, 1.165) is 34.6 Å². The number of hydrogen-bond acceptors (Lipinski definition) is 45. The van der Waals surface area contributed by atoms with E-state index in [1.807, 2.05) is 0 Å². The number of carboxylic acid groups (broad SMARTS) is 2. The van der Waals surface area contributed by atoms with E-state index in [1.165, 1.54) is 0 Å². The third kappa shape index (κ3) is 22.3. The van der Waals surface area contributed by atoms with Crippen LogP contribution in [-0.4, -0.2) is 484 Å². The monoisotopic (exact) mass is 1700 g/mol. The van der Waals surface area contributed by atoms with E-state index in [1.54, 1.807) is 0 Å². The Morgan fingerprint density at radius 3 is 1.13 bits per heavy atom. The van der Waals surface area contributed by atoms with E-state index < -0.39 is 364 Å². The van der Waals surface area contributed by atoms with Crippen LogP contribution in [0.4, 0.5) is 0 Å². The van der Waals surface area contributed by atoms with E-state index in [2.05, 4.69) is 26.6 Å². The lowest BCUT2D eigenvalue weighted by Gasteiger charge is -2.51. The maximum atomic E-state index is 13.2. The third-order valence-electron chi connectivity index (χ3n) is 20.2. The highest BCUT2D eigenvalue weighted by molar-refractivity contribution is 5.78. The molecule has 7 rings (SSSR count). The standard InChI is InChI=1S/C64H107N5O47/c1-17(78)65-22(8-70)48(39(90)27(87)16-103-56-35(68-20(4)81)44(95)49(32(15-77)108-56)110-59-46(97)54(42(93)30(13-75)106-59)115-63(61(99)100)6-23(83)33(66-18(2)79)51(113-63)37(88)25(85)9-71)109-58-45(96)53(41(92)29(12-74)105-58)112-57-36(69-21(5)82)50(40(91)28(11-73)104-57)111-60-47(98)55(43(94)31(14-76)107-60)116-64(62(101)102)7-24(84)34(67-19(3)80)52(114-64)38(89)26(86)10-72/h22-60,70-77,83-98H,6-16H2,1-5H3,(H,65,78)(H,66,79)(H,67,80)(H,68,81)(H,69,82)(H,99,100)(H,101,102)/t22-,23-,24-,25+,26+,27+,28+,29+,30+,31+,32+,33+,34+,35+,36+,37+,38+,39-,40+,41-,42-,43-,44+,45+,46+,47+,48+,49+,50+,51+,52+,53-,54-,55-,56+,57-,58-,59-,60-,63-,64-/m0/s1. The Hall–Kier alpha value is -5.23. The Morgan fingerprint density at radius 2 is 0.741 bits per heavy atom. The van der Waals surface area contributed by atoms with Gasteiger partial charge in [-0.15, -0.1) is 0 Å². The molecule has 7 fully saturated rings. The zero-order valence-electron chi connectivity index (χ0n) is 62.5. The maximum Gasteiger partial charge on any atom is 0.364 e. The summed E-state index contributed by atoms with van der Waals surface area (Å²) in [4.78, 5) is 89.3. The fourth-order valence-corrected chi connectivity index (χ4v) is 14.4. The summed E-state index contributed by atoms with van der Waals surface area (Å²) in [6.45, 7) is -6.31. The molecule has 7 heterocycles. The minimum atomic E-state index is -3.31. The van der Waals surface area contributed by atoms with Crippen molar-refractivity contribution in [3.05, 3.63) is 0 Å². The highest BCUT2D eigenvalue weighted by atomic mass is 16.8. The molecule has 31 N–H and O–H groups in total. The van der Waals surface area contributed by atoms with Gasteiger partial charge in [-0.05, 0) is 0 Å². The first kappa shape index (κ1) is 97.9. The van der Waals surface area contributed by atoms with Crippen molar-refractivity contribution in [2.45, 2.75) is 298 Å². The van der Waals surface area contributed by atoms with Crippen LogP contribution in [0.2, 0.25) is 0 Å². The van der Waals surface area contributed by atoms with Crippen molar-refractivity contribution in [1.29, 1.82) is 0 Å². The molecule has 116 heavy (non-hydrogen) atoms. The first-order valence-corrected chi connectivity index (χ1v) is 36.3. The molecule has 0 aliphatic carbocycles. The van der Waals surface area contributed by atoms with Gasteiger partial charge in [-0.3, -0.25) is 24.0 Å². The number of aliphatic carboxylic acids is 2. The summed E-state index contributed by atoms with van der Waals surface area (Å²) in [5.74, 6) is -15.6. The Balaban J connectivity index is 1.12. The highest BCUT2D eigenvalue weighted by Gasteiger charge is 2.64. The summed E-state index contributed by atoms with van der Waals surface area (Å²) >= 11 is 0. The summed E-state index contributed by atoms with van der Waals surface area (Å²) in [5.41, 5.74) is 0. The van der Waals surface area contributed by atoms with Gasteiger partial charge in [-0.25, -0.2) is 9.59 Å². The van der Waals surface area contributed by atoms with Crippen molar-refractivity contribution in [3.8, 4) is 0 Å². The second kappa shape index (κ2) is 42.5. The SMILES string of the molecule is CC(=O)N[C@H]1[C@H](OC[C@@H](O)[C@H](O)[C@H](O[C@@H]2O[C@H](CO)[C@H](O)[C@H](O[C@@H]3O[C@H](CO)[C@@H](O)[C@H](O[C@@H]4O[C@H](CO)[C@H](O)[C@H](O[C@]5(C(=O)O)C[C@H](O)[C@@H](NC(C)=O)[C@H]([C@H](O)[C@H](O)CO)O5)[C@H]4O)[C@H]3NC(C)=O)[C@H]2O)[C@H](CO)NC(C)=O)O[C@H](CO)[C@@H](O[C@@H]2O[C@H](CO)[C@H](O)[C@H](O[C@]3(C(=O)O)C[C@H](O)[C@@H](NC(C)=O)[C@H]([C@H](O)[C@H](O)CO)O3)[C@H]2O)[C@@H]1O. The smallest absolute Gasteiger partial charge is 0.364 e. The van der Waals surface area contributed by atoms with Crippen LogP contribution in [0.25, 0.3) is 0 Å². The summed E-state index contributed by atoms with van der Waals surface area (Å²) in [6.07, 6.45) is -78.5. The number of hydrogen-bond donors (Lipinski definition) is 31. The van der Waals surface area contributed by atoms with Crippen LogP contribution in [0.15, 0.2) is 0 Å². The number of aliphatic hydroxyl groups is 24. The Labute approximate surface area is 656 Å². The van der Waals surface area contributed by atoms with Crippen LogP contribution in [-0.2, 0) is 99.9 Å². The number of rotatable bonds is 37. The zero-order chi connectivity index (χ0) is 86.8. The first-order valence-electron chi connectivity index (χ1n) is 36.3. The van der Waals surface area contributed by atoms with Crippen LogP contribution >= 0.6 is 0 Å². The van der Waals surface area contributed by atoms with Gasteiger partial charge >= 0.3 is 11.9 Å². The van der Waals surface area contributed by atoms with Gasteiger partial charge in [0.1, 0.15) is 177 Å². The highest BCUT2D eigenvalue weighted by Crippen LogP contribution is 2.42. The van der Waals surface area contributed by atoms with Crippen LogP contribution in [0, 0.1) is 0 Å². The molecule has 7 aliphatic rings. The molecule has 5 amide bonds. The van der Waals surface area contributed by atoms with Gasteiger partial charge in [0.2, 0.25) is 29.5 Å². The fraction of sp³-hybridized carbons (Fsp3) is 0.891. The second-order valence-corrected chi connectivity index (χ2v) is 28.7. The van der Waals surface area contributed by atoms with Gasteiger partial charge in [0, 0.05) is 47.5 Å². The minimum absolute atomic E-state index is 0.865. The van der Waals surface area contributed by atoms with Crippen LogP contribution in [0.1, 0.15) is 47.5 Å². The summed E-state index contributed by atoms with van der Waals surface area (Å²) in [5, 5.41) is 299. The minimum Gasteiger partial charge on any atom is -0.477 e. The van der Waals surface area contributed by atoms with Crippen LogP contribution in [0.5, 0.6) is 0 Å². The molecule has 0 aromatic carbocycles. The van der Waals surface area contributed by atoms with Gasteiger partial charge < -0.3 is 226 Å². The quantitative estimate of drug-likeness (QED) is 0.0275. The number of ether oxygens (including phenoxy) is 14. The molecule has 41 atom stereocenters. The molecule has 0 spiro atoms. The summed E-state index contributed by atoms with van der Waals surface area (Å²) in [6, 6.07) is -9.35. The normalized spacial score (nSPS) is 41.8. The molecule has 0 bridgehead atoms. The molecule has 52 nitrogen and oxygen atoms in total. The molecular weight excluding hydrogens is 1590 g/mol. The number of carbonyl (C=O) groups excluding carboxylic acids is 5. The summed E-state index contributed by atoms with van der Waals surface area (Å²) < 4.78 is 81.0. The lowest BCUT2D eigenvalue weighted by molar-refractivity contribution is -0.386. The molecule has 0 aromatic heterocycles. The third-order valence-corrected chi connectivity index (χ3v) is 20.2. The predicted octanol–water partition coefficient (Wildman–Crippen LogP) is -19.7. The predicted molar refractivity (Wildman–Crippen MR) is 359 cm³/mol. The topological polar surface area (TPSA) is 835 Å². The molecule has 7 aliphatic heterocycles. The average molecular weight is 1700 g/mol. The molecular formula is C64H107N5O47. The average Bonchev–Trinajstić information content (AvgIpc) is 0.751. The van der Waals surface area contributed by atoms with E-state index in [0.29, 0.717) is 0 Å². The van der Waals surface area contributed by atoms with Crippen molar-refractivity contribution in [3.63, 3.8) is 0 Å². The molecule has 670 valence electrons. The van der Waals surface area contributed by atoms with Gasteiger partial charge in [-0.1, -0.05) is 0 Å². The Bertz CT molecular complexity index is 3190. The van der Waals surface area contributed by atoms with Crippen molar-refractivity contribution in [1.82, 2.24) is 26.6 Å². The summed E-state index contributed by atoms with van der Waals surface area (Å²) in [7, 11) is 0. The lowest BCUT2D eigenvalue weighted by Crippen LogP contribution is -2.71.